The lowest BCUT2D eigenvalue weighted by Crippen LogP contribution is -2.34. The molecule has 1 aromatic heterocycles. The third-order valence-electron chi connectivity index (χ3n) is 3.97. The first kappa shape index (κ1) is 23.0. The fraction of sp³-hybridized carbons (Fsp3) is 0.409. The molecular weight excluding hydrogens is 388 g/mol. The second kappa shape index (κ2) is 9.94. The lowest BCUT2D eigenvalue weighted by Gasteiger charge is -2.19. The summed E-state index contributed by atoms with van der Waals surface area (Å²) in [5.74, 6) is 4.48. The second-order valence-electron chi connectivity index (χ2n) is 7.48. The summed E-state index contributed by atoms with van der Waals surface area (Å²) in [6.45, 7) is 8.46. The van der Waals surface area contributed by atoms with Crippen LogP contribution in [-0.2, 0) is 16.0 Å². The van der Waals surface area contributed by atoms with E-state index in [2.05, 4.69) is 17.2 Å². The Morgan fingerprint density at radius 3 is 2.63 bits per heavy atom. The Labute approximate surface area is 174 Å². The summed E-state index contributed by atoms with van der Waals surface area (Å²) < 4.78 is 12.2. The predicted octanol–water partition coefficient (Wildman–Crippen LogP) is 2.61. The number of carboxylic acids is 1. The maximum absolute atomic E-state index is 12.5. The van der Waals surface area contributed by atoms with Crippen LogP contribution in [0.3, 0.4) is 0 Å². The first-order valence-corrected chi connectivity index (χ1v) is 9.56. The third kappa shape index (κ3) is 6.36. The van der Waals surface area contributed by atoms with Crippen LogP contribution in [0.5, 0.6) is 0 Å². The maximum atomic E-state index is 12.5. The Kier molecular flexibility index (Phi) is 7.61. The van der Waals surface area contributed by atoms with Crippen LogP contribution in [0.2, 0.25) is 0 Å². The van der Waals surface area contributed by atoms with Crippen molar-refractivity contribution >= 4 is 23.0 Å². The largest absolute Gasteiger partial charge is 0.477 e. The minimum Gasteiger partial charge on any atom is -0.477 e. The molecule has 2 aromatic rings. The molecule has 8 nitrogen and oxygen atoms in total. The van der Waals surface area contributed by atoms with Gasteiger partial charge in [-0.25, -0.2) is 9.59 Å². The molecular formula is C22H26N2O6. The number of fused-ring (bicyclic) bond motifs is 1. The van der Waals surface area contributed by atoms with Gasteiger partial charge in [-0.1, -0.05) is 11.8 Å². The fourth-order valence-electron chi connectivity index (χ4n) is 2.69. The number of carbonyl (C=O) groups excluding carboxylic acids is 1. The summed E-state index contributed by atoms with van der Waals surface area (Å²) in [5.41, 5.74) is -0.115. The number of ether oxygens (including phenoxy) is 2. The number of carboxylic acid groups (broad SMARTS) is 1. The van der Waals surface area contributed by atoms with E-state index < -0.39 is 23.1 Å². The Balaban J connectivity index is 1.98. The summed E-state index contributed by atoms with van der Waals surface area (Å²) in [7, 11) is 0. The number of aromatic carboxylic acids is 1. The number of nitrogens with zero attached hydrogens (tertiary/aromatic N) is 1. The van der Waals surface area contributed by atoms with Crippen molar-refractivity contribution in [3.8, 4) is 11.8 Å². The van der Waals surface area contributed by atoms with Gasteiger partial charge in [0.2, 0.25) is 5.43 Å². The monoisotopic (exact) mass is 414 g/mol. The van der Waals surface area contributed by atoms with Crippen molar-refractivity contribution in [2.75, 3.05) is 19.8 Å². The number of alkyl carbamates (subject to hydrolysis) is 1. The zero-order valence-corrected chi connectivity index (χ0v) is 17.6. The Hall–Kier alpha value is -3.31. The van der Waals surface area contributed by atoms with Crippen molar-refractivity contribution < 1.29 is 24.2 Å². The molecule has 0 saturated heterocycles. The smallest absolute Gasteiger partial charge is 0.407 e. The molecule has 160 valence electrons. The van der Waals surface area contributed by atoms with Crippen LogP contribution in [0.1, 0.15) is 43.6 Å². The van der Waals surface area contributed by atoms with Crippen molar-refractivity contribution in [3.05, 3.63) is 45.7 Å². The third-order valence-corrected chi connectivity index (χ3v) is 3.97. The number of pyridine rings is 1. The molecule has 0 aliphatic heterocycles. The van der Waals surface area contributed by atoms with Gasteiger partial charge in [-0.3, -0.25) is 4.79 Å². The van der Waals surface area contributed by atoms with E-state index in [1.54, 1.807) is 43.5 Å². The topological polar surface area (TPSA) is 107 Å². The van der Waals surface area contributed by atoms with Gasteiger partial charge in [0.1, 0.15) is 17.8 Å². The molecule has 1 heterocycles. The van der Waals surface area contributed by atoms with Gasteiger partial charge in [-0.15, -0.1) is 0 Å². The van der Waals surface area contributed by atoms with Crippen molar-refractivity contribution in [2.24, 2.45) is 0 Å². The van der Waals surface area contributed by atoms with Crippen molar-refractivity contribution in [1.29, 1.82) is 0 Å². The molecule has 8 heteroatoms. The molecule has 0 fully saturated rings. The number of hydrogen-bond donors (Lipinski definition) is 2. The highest BCUT2D eigenvalue weighted by Gasteiger charge is 2.15. The van der Waals surface area contributed by atoms with Crippen LogP contribution >= 0.6 is 0 Å². The summed E-state index contributed by atoms with van der Waals surface area (Å²) in [6, 6.07) is 5.11. The molecule has 1 amide bonds. The molecule has 30 heavy (non-hydrogen) atoms. The lowest BCUT2D eigenvalue weighted by molar-refractivity contribution is 0.0506. The highest BCUT2D eigenvalue weighted by molar-refractivity contribution is 5.92. The zero-order chi connectivity index (χ0) is 22.3. The average Bonchev–Trinajstić information content (AvgIpc) is 2.66. The summed E-state index contributed by atoms with van der Waals surface area (Å²) in [4.78, 5) is 35.3. The van der Waals surface area contributed by atoms with Gasteiger partial charge in [0.05, 0.1) is 12.1 Å². The Morgan fingerprint density at radius 2 is 2.00 bits per heavy atom. The molecule has 0 spiro atoms. The minimum absolute atomic E-state index is 0.141. The van der Waals surface area contributed by atoms with E-state index in [0.717, 1.165) is 0 Å². The molecule has 0 unspecified atom stereocenters. The minimum atomic E-state index is -1.26. The van der Waals surface area contributed by atoms with Gasteiger partial charge in [0, 0.05) is 30.2 Å². The van der Waals surface area contributed by atoms with E-state index in [4.69, 9.17) is 9.47 Å². The van der Waals surface area contributed by atoms with Gasteiger partial charge in [-0.05, 0) is 45.9 Å². The SMILES string of the molecule is CCn1cc(C(=O)O)c(=O)c2cc(C#CCOCCNC(=O)OC(C)(C)C)ccc21. The highest BCUT2D eigenvalue weighted by Crippen LogP contribution is 2.14. The van der Waals surface area contributed by atoms with Gasteiger partial charge in [0.15, 0.2) is 0 Å². The summed E-state index contributed by atoms with van der Waals surface area (Å²) in [5, 5.41) is 12.1. The predicted molar refractivity (Wildman–Crippen MR) is 113 cm³/mol. The quantitative estimate of drug-likeness (QED) is 0.556. The zero-order valence-electron chi connectivity index (χ0n) is 17.6. The van der Waals surface area contributed by atoms with Gasteiger partial charge >= 0.3 is 12.1 Å². The number of aryl methyl sites for hydroxylation is 1. The standard InChI is InChI=1S/C22H26N2O6/c1-5-24-14-17(20(26)27)19(25)16-13-15(8-9-18(16)24)7-6-11-29-12-10-23-21(28)30-22(2,3)4/h8-9,13-14H,5,10-12H2,1-4H3,(H,23,28)(H,26,27). The molecule has 0 saturated carbocycles. The van der Waals surface area contributed by atoms with Gasteiger partial charge in [-0.2, -0.15) is 0 Å². The van der Waals surface area contributed by atoms with E-state index in [1.165, 1.54) is 6.20 Å². The van der Waals surface area contributed by atoms with Crippen LogP contribution in [0, 0.1) is 11.8 Å². The van der Waals surface area contributed by atoms with Gasteiger partial charge in [0.25, 0.3) is 0 Å². The second-order valence-corrected chi connectivity index (χ2v) is 7.48. The molecule has 0 atom stereocenters. The van der Waals surface area contributed by atoms with E-state index in [1.807, 2.05) is 6.92 Å². The number of benzene rings is 1. The summed E-state index contributed by atoms with van der Waals surface area (Å²) in [6.07, 6.45) is 0.851. The molecule has 0 aliphatic rings. The van der Waals surface area contributed by atoms with E-state index in [-0.39, 0.29) is 18.8 Å². The molecule has 0 aliphatic carbocycles. The Morgan fingerprint density at radius 1 is 1.27 bits per heavy atom. The summed E-state index contributed by atoms with van der Waals surface area (Å²) >= 11 is 0. The molecule has 1 aromatic carbocycles. The first-order valence-electron chi connectivity index (χ1n) is 9.56. The van der Waals surface area contributed by atoms with Crippen LogP contribution in [0.15, 0.2) is 29.2 Å². The molecule has 0 bridgehead atoms. The van der Waals surface area contributed by atoms with Crippen LogP contribution in [0.25, 0.3) is 10.9 Å². The van der Waals surface area contributed by atoms with Gasteiger partial charge < -0.3 is 24.5 Å². The first-order chi connectivity index (χ1) is 14.1. The van der Waals surface area contributed by atoms with E-state index in [0.29, 0.717) is 29.6 Å². The van der Waals surface area contributed by atoms with Crippen LogP contribution in [0.4, 0.5) is 4.79 Å². The number of amides is 1. The van der Waals surface area contributed by atoms with E-state index >= 15 is 0 Å². The van der Waals surface area contributed by atoms with Crippen molar-refractivity contribution in [2.45, 2.75) is 39.8 Å². The molecule has 0 radical (unpaired) electrons. The fourth-order valence-corrected chi connectivity index (χ4v) is 2.69. The number of nitrogens with one attached hydrogen (secondary N) is 1. The lowest BCUT2D eigenvalue weighted by atomic mass is 10.1. The number of carbonyl (C=O) groups is 2. The number of rotatable bonds is 6. The van der Waals surface area contributed by atoms with Crippen molar-refractivity contribution in [1.82, 2.24) is 9.88 Å². The van der Waals surface area contributed by atoms with Crippen LogP contribution in [-0.4, -0.2) is 47.1 Å². The van der Waals surface area contributed by atoms with E-state index in [9.17, 15) is 19.5 Å². The highest BCUT2D eigenvalue weighted by atomic mass is 16.6. The van der Waals surface area contributed by atoms with Crippen LogP contribution < -0.4 is 10.7 Å². The van der Waals surface area contributed by atoms with Crippen molar-refractivity contribution in [3.63, 3.8) is 0 Å². The molecule has 2 N–H and O–H groups in total. The normalized spacial score (nSPS) is 10.9. The maximum Gasteiger partial charge on any atom is 0.407 e. The Bertz CT molecular complexity index is 1050. The number of aromatic nitrogens is 1. The molecule has 2 rings (SSSR count). The number of hydrogen-bond acceptors (Lipinski definition) is 5. The average molecular weight is 414 g/mol.